The van der Waals surface area contributed by atoms with Gasteiger partial charge < -0.3 is 0 Å². The molecule has 4 nitrogen and oxygen atoms in total. The highest BCUT2D eigenvalue weighted by atomic mass is 32.3. The summed E-state index contributed by atoms with van der Waals surface area (Å²) in [6, 6.07) is 15.0. The predicted molar refractivity (Wildman–Crippen MR) is 103 cm³/mol. The molecule has 136 valence electrons. The lowest BCUT2D eigenvalue weighted by atomic mass is 10.2. The molecule has 6 heteroatoms. The second-order valence-electron chi connectivity index (χ2n) is 5.52. The molecule has 0 aliphatic rings. The maximum atomic E-state index is 13.0. The lowest BCUT2D eigenvalue weighted by molar-refractivity contribution is 0.595. The quantitative estimate of drug-likeness (QED) is 0.555. The number of allylic oxidation sites excluding steroid dienone is 1. The summed E-state index contributed by atoms with van der Waals surface area (Å²) >= 11 is 0. The van der Waals surface area contributed by atoms with Crippen molar-refractivity contribution < 1.29 is 16.8 Å². The molecule has 2 aromatic rings. The Balaban J connectivity index is 2.60. The molecule has 0 aromatic heterocycles. The van der Waals surface area contributed by atoms with Crippen LogP contribution in [0.4, 0.5) is 0 Å². The fourth-order valence-electron chi connectivity index (χ4n) is 2.18. The summed E-state index contributed by atoms with van der Waals surface area (Å²) in [6.45, 7) is 2.02. The zero-order valence-corrected chi connectivity index (χ0v) is 16.1. The minimum atomic E-state index is -4.23. The molecule has 0 radical (unpaired) electrons. The van der Waals surface area contributed by atoms with Gasteiger partial charge in [0, 0.05) is 12.5 Å². The van der Waals surface area contributed by atoms with Gasteiger partial charge in [-0.05, 0) is 30.7 Å². The third-order valence-electron chi connectivity index (χ3n) is 3.58. The van der Waals surface area contributed by atoms with Crippen LogP contribution < -0.4 is 0 Å². The molecule has 0 saturated heterocycles. The van der Waals surface area contributed by atoms with Crippen LogP contribution in [0.1, 0.15) is 26.2 Å². The lowest BCUT2D eigenvalue weighted by Crippen LogP contribution is -2.15. The summed E-state index contributed by atoms with van der Waals surface area (Å²) in [5.41, 5.74) is 0. The molecule has 0 spiro atoms. The maximum Gasteiger partial charge on any atom is 0.218 e. The van der Waals surface area contributed by atoms with Gasteiger partial charge in [-0.3, -0.25) is 0 Å². The van der Waals surface area contributed by atoms with Gasteiger partial charge >= 0.3 is 0 Å². The Morgan fingerprint density at radius 1 is 0.846 bits per heavy atom. The molecule has 0 atom stereocenters. The van der Waals surface area contributed by atoms with Crippen molar-refractivity contribution in [2.45, 2.75) is 36.0 Å². The number of sulfone groups is 2. The normalized spacial score (nSPS) is 11.3. The SMILES string of the molecule is CCCCC#CC=C(S(=O)(=O)c1ccccc1)S(=O)(=O)c1ccccc1. The van der Waals surface area contributed by atoms with E-state index in [9.17, 15) is 16.8 Å². The van der Waals surface area contributed by atoms with Gasteiger partial charge in [0.05, 0.1) is 9.79 Å². The summed E-state index contributed by atoms with van der Waals surface area (Å²) in [5, 5.41) is 0. The molecule has 0 unspecified atom stereocenters. The Kier molecular flexibility index (Phi) is 6.78. The summed E-state index contributed by atoms with van der Waals surface area (Å²) < 4.78 is 51.1. The van der Waals surface area contributed by atoms with Gasteiger partial charge in [-0.1, -0.05) is 61.6 Å². The molecule has 0 bridgehead atoms. The van der Waals surface area contributed by atoms with Gasteiger partial charge in [0.25, 0.3) is 0 Å². The van der Waals surface area contributed by atoms with Crippen molar-refractivity contribution in [3.8, 4) is 11.8 Å². The Morgan fingerprint density at radius 2 is 1.31 bits per heavy atom. The van der Waals surface area contributed by atoms with E-state index in [1.54, 1.807) is 36.4 Å². The smallest absolute Gasteiger partial charge is 0.218 e. The van der Waals surface area contributed by atoms with E-state index in [0.717, 1.165) is 18.9 Å². The van der Waals surface area contributed by atoms with Crippen LogP contribution in [0.2, 0.25) is 0 Å². The van der Waals surface area contributed by atoms with E-state index >= 15 is 0 Å². The molecule has 0 N–H and O–H groups in total. The highest BCUT2D eigenvalue weighted by molar-refractivity contribution is 8.14. The zero-order chi connectivity index (χ0) is 19.0. The van der Waals surface area contributed by atoms with Crippen LogP contribution in [0.5, 0.6) is 0 Å². The van der Waals surface area contributed by atoms with Crippen molar-refractivity contribution in [1.82, 2.24) is 0 Å². The number of hydrogen-bond donors (Lipinski definition) is 0. The number of unbranched alkanes of at least 4 members (excludes halogenated alkanes) is 2. The first-order valence-corrected chi connectivity index (χ1v) is 11.2. The first kappa shape index (κ1) is 20.0. The largest absolute Gasteiger partial charge is 0.218 e. The summed E-state index contributed by atoms with van der Waals surface area (Å²) in [7, 11) is -8.46. The van der Waals surface area contributed by atoms with E-state index in [0.29, 0.717) is 6.42 Å². The maximum absolute atomic E-state index is 13.0. The van der Waals surface area contributed by atoms with E-state index in [2.05, 4.69) is 11.8 Å². The predicted octanol–water partition coefficient (Wildman–Crippen LogP) is 3.97. The van der Waals surface area contributed by atoms with Crippen LogP contribution in [0, 0.1) is 11.8 Å². The topological polar surface area (TPSA) is 68.3 Å². The fourth-order valence-corrected chi connectivity index (χ4v) is 5.83. The van der Waals surface area contributed by atoms with Gasteiger partial charge in [-0.15, -0.1) is 0 Å². The minimum Gasteiger partial charge on any atom is -0.218 e. The van der Waals surface area contributed by atoms with Crippen molar-refractivity contribution >= 4 is 19.7 Å². The van der Waals surface area contributed by atoms with Gasteiger partial charge in [0.2, 0.25) is 19.7 Å². The summed E-state index contributed by atoms with van der Waals surface area (Å²) in [4.78, 5) is -0.165. The van der Waals surface area contributed by atoms with Crippen molar-refractivity contribution in [3.05, 3.63) is 71.0 Å². The molecule has 2 aromatic carbocycles. The van der Waals surface area contributed by atoms with Crippen LogP contribution in [0.25, 0.3) is 0 Å². The first-order valence-electron chi connectivity index (χ1n) is 8.19. The van der Waals surface area contributed by atoms with Gasteiger partial charge in [-0.25, -0.2) is 16.8 Å². The van der Waals surface area contributed by atoms with Crippen LogP contribution >= 0.6 is 0 Å². The Labute approximate surface area is 155 Å². The Morgan fingerprint density at radius 3 is 1.73 bits per heavy atom. The third-order valence-corrected chi connectivity index (χ3v) is 7.98. The van der Waals surface area contributed by atoms with Crippen LogP contribution in [-0.2, 0) is 19.7 Å². The average molecular weight is 389 g/mol. The van der Waals surface area contributed by atoms with Crippen molar-refractivity contribution in [3.63, 3.8) is 0 Å². The highest BCUT2D eigenvalue weighted by Gasteiger charge is 2.33. The van der Waals surface area contributed by atoms with Crippen molar-refractivity contribution in [2.24, 2.45) is 0 Å². The van der Waals surface area contributed by atoms with E-state index in [4.69, 9.17) is 0 Å². The van der Waals surface area contributed by atoms with Gasteiger partial charge in [0.1, 0.15) is 0 Å². The molecule has 26 heavy (non-hydrogen) atoms. The van der Waals surface area contributed by atoms with E-state index in [1.807, 2.05) is 6.92 Å². The lowest BCUT2D eigenvalue weighted by Gasteiger charge is -2.10. The van der Waals surface area contributed by atoms with E-state index in [1.165, 1.54) is 24.3 Å². The van der Waals surface area contributed by atoms with Crippen molar-refractivity contribution in [1.29, 1.82) is 0 Å². The molecule has 0 aliphatic carbocycles. The minimum absolute atomic E-state index is 0.0823. The number of benzene rings is 2. The highest BCUT2D eigenvalue weighted by Crippen LogP contribution is 2.28. The van der Waals surface area contributed by atoms with Crippen LogP contribution in [-0.4, -0.2) is 16.8 Å². The Hall–Kier alpha value is -2.36. The Bertz CT molecular complexity index is 954. The molecule has 0 saturated carbocycles. The van der Waals surface area contributed by atoms with Crippen LogP contribution in [0.15, 0.2) is 80.8 Å². The molecule has 0 amide bonds. The number of rotatable bonds is 6. The van der Waals surface area contributed by atoms with Gasteiger partial charge in [-0.2, -0.15) is 0 Å². The fraction of sp³-hybridized carbons (Fsp3) is 0.200. The van der Waals surface area contributed by atoms with Crippen LogP contribution in [0.3, 0.4) is 0 Å². The van der Waals surface area contributed by atoms with E-state index in [-0.39, 0.29) is 9.79 Å². The molecular formula is C20H20O4S2. The standard InChI is InChI=1S/C20H20O4S2/c1-2-3-4-5-12-17-20(25(21,22)18-13-8-6-9-14-18)26(23,24)19-15-10-7-11-16-19/h6-11,13-17H,2-4H2,1H3. The summed E-state index contributed by atoms with van der Waals surface area (Å²) in [6.07, 6.45) is 3.40. The monoisotopic (exact) mass is 388 g/mol. The average Bonchev–Trinajstić information content (AvgIpc) is 2.65. The molecule has 2 rings (SSSR count). The second kappa shape index (κ2) is 8.84. The zero-order valence-electron chi connectivity index (χ0n) is 14.4. The molecule has 0 aliphatic heterocycles. The summed E-state index contributed by atoms with van der Waals surface area (Å²) in [5.74, 6) is 5.41. The second-order valence-corrected chi connectivity index (χ2v) is 9.62. The number of hydrogen-bond acceptors (Lipinski definition) is 4. The molecule has 0 heterocycles. The molecule has 0 fully saturated rings. The van der Waals surface area contributed by atoms with Gasteiger partial charge in [0.15, 0.2) is 4.24 Å². The van der Waals surface area contributed by atoms with Crippen molar-refractivity contribution in [2.75, 3.05) is 0 Å². The van der Waals surface area contributed by atoms with E-state index < -0.39 is 23.9 Å². The first-order chi connectivity index (χ1) is 12.4. The molecular weight excluding hydrogens is 368 g/mol. The third kappa shape index (κ3) is 4.63.